The molecular weight excluding hydrogens is 316 g/mol. The molecular formula is C18H21F2NO3. The summed E-state index contributed by atoms with van der Waals surface area (Å²) in [6.45, 7) is -0.0547. The first-order chi connectivity index (χ1) is 11.5. The summed E-state index contributed by atoms with van der Waals surface area (Å²) in [5.41, 5.74) is -0.0722. The van der Waals surface area contributed by atoms with Gasteiger partial charge in [-0.2, -0.15) is 0 Å². The van der Waals surface area contributed by atoms with Crippen LogP contribution in [-0.2, 0) is 16.1 Å². The van der Waals surface area contributed by atoms with Crippen molar-refractivity contribution >= 4 is 11.9 Å². The highest BCUT2D eigenvalue weighted by Crippen LogP contribution is 2.35. The SMILES string of the molecule is O=C(O)C1CCC(C(=O)N(Cc2c(F)cccc2F)C2CC2)CC1. The number of hydrogen-bond donors (Lipinski definition) is 1. The maximum Gasteiger partial charge on any atom is 0.306 e. The fraction of sp³-hybridized carbons (Fsp3) is 0.556. The van der Waals surface area contributed by atoms with Gasteiger partial charge in [0.1, 0.15) is 11.6 Å². The molecule has 3 rings (SSSR count). The van der Waals surface area contributed by atoms with Crippen molar-refractivity contribution in [3.8, 4) is 0 Å². The summed E-state index contributed by atoms with van der Waals surface area (Å²) in [6.07, 6.45) is 3.73. The molecule has 0 bridgehead atoms. The topological polar surface area (TPSA) is 57.6 Å². The molecule has 0 heterocycles. The molecule has 4 nitrogen and oxygen atoms in total. The van der Waals surface area contributed by atoms with Crippen molar-refractivity contribution in [1.29, 1.82) is 0 Å². The largest absolute Gasteiger partial charge is 0.481 e. The zero-order valence-corrected chi connectivity index (χ0v) is 13.4. The molecule has 2 saturated carbocycles. The summed E-state index contributed by atoms with van der Waals surface area (Å²) >= 11 is 0. The van der Waals surface area contributed by atoms with Gasteiger partial charge < -0.3 is 10.0 Å². The first kappa shape index (κ1) is 16.9. The van der Waals surface area contributed by atoms with Gasteiger partial charge in [-0.3, -0.25) is 9.59 Å². The molecule has 6 heteroatoms. The summed E-state index contributed by atoms with van der Waals surface area (Å²) in [4.78, 5) is 25.4. The summed E-state index contributed by atoms with van der Waals surface area (Å²) in [7, 11) is 0. The Bertz CT molecular complexity index is 617. The van der Waals surface area contributed by atoms with Crippen molar-refractivity contribution in [3.63, 3.8) is 0 Å². The molecule has 0 saturated heterocycles. The minimum absolute atomic E-state index is 0.0497. The smallest absolute Gasteiger partial charge is 0.306 e. The molecule has 2 fully saturated rings. The van der Waals surface area contributed by atoms with Crippen molar-refractivity contribution in [1.82, 2.24) is 4.90 Å². The molecule has 2 aliphatic rings. The predicted molar refractivity (Wildman–Crippen MR) is 83.0 cm³/mol. The lowest BCUT2D eigenvalue weighted by Gasteiger charge is -2.31. The fourth-order valence-corrected chi connectivity index (χ4v) is 3.45. The van der Waals surface area contributed by atoms with E-state index >= 15 is 0 Å². The third-order valence-corrected chi connectivity index (χ3v) is 5.09. The lowest BCUT2D eigenvalue weighted by molar-refractivity contribution is -0.146. The normalized spacial score (nSPS) is 23.8. The summed E-state index contributed by atoms with van der Waals surface area (Å²) in [6, 6.07) is 3.76. The molecule has 1 aromatic rings. The second-order valence-electron chi connectivity index (χ2n) is 6.78. The van der Waals surface area contributed by atoms with Crippen molar-refractivity contribution in [2.75, 3.05) is 0 Å². The summed E-state index contributed by atoms with van der Waals surface area (Å²) < 4.78 is 27.8. The highest BCUT2D eigenvalue weighted by molar-refractivity contribution is 5.80. The molecule has 1 amide bonds. The van der Waals surface area contributed by atoms with Gasteiger partial charge in [0.2, 0.25) is 5.91 Å². The summed E-state index contributed by atoms with van der Waals surface area (Å²) in [5.74, 6) is -2.80. The van der Waals surface area contributed by atoms with Crippen LogP contribution in [0.4, 0.5) is 8.78 Å². The Kier molecular flexibility index (Phi) is 4.83. The van der Waals surface area contributed by atoms with E-state index in [9.17, 15) is 18.4 Å². The average molecular weight is 337 g/mol. The molecule has 1 aromatic carbocycles. The van der Waals surface area contributed by atoms with E-state index in [2.05, 4.69) is 0 Å². The number of benzene rings is 1. The van der Waals surface area contributed by atoms with E-state index in [0.29, 0.717) is 25.7 Å². The number of carboxylic acid groups (broad SMARTS) is 1. The standard InChI is InChI=1S/C18H21F2NO3/c19-15-2-1-3-16(20)14(15)10-21(13-8-9-13)17(22)11-4-6-12(7-5-11)18(23)24/h1-3,11-13H,4-10H2,(H,23,24). The highest BCUT2D eigenvalue weighted by Gasteiger charge is 2.38. The Morgan fingerprint density at radius 1 is 1.00 bits per heavy atom. The van der Waals surface area contributed by atoms with Crippen LogP contribution in [0.3, 0.4) is 0 Å². The maximum absolute atomic E-state index is 13.9. The molecule has 0 aliphatic heterocycles. The van der Waals surface area contributed by atoms with E-state index in [4.69, 9.17) is 5.11 Å². The van der Waals surface area contributed by atoms with Crippen molar-refractivity contribution in [3.05, 3.63) is 35.4 Å². The van der Waals surface area contributed by atoms with E-state index < -0.39 is 17.6 Å². The summed E-state index contributed by atoms with van der Waals surface area (Å²) in [5, 5.41) is 9.05. The van der Waals surface area contributed by atoms with E-state index in [1.165, 1.54) is 18.2 Å². The number of carboxylic acids is 1. The van der Waals surface area contributed by atoms with Crippen LogP contribution < -0.4 is 0 Å². The van der Waals surface area contributed by atoms with Gasteiger partial charge in [-0.05, 0) is 50.7 Å². The second-order valence-corrected chi connectivity index (χ2v) is 6.78. The third kappa shape index (κ3) is 3.57. The number of hydrogen-bond acceptors (Lipinski definition) is 2. The zero-order chi connectivity index (χ0) is 17.3. The molecule has 0 spiro atoms. The van der Waals surface area contributed by atoms with Gasteiger partial charge in [0.05, 0.1) is 12.5 Å². The van der Waals surface area contributed by atoms with Crippen LogP contribution in [0, 0.1) is 23.5 Å². The molecule has 0 unspecified atom stereocenters. The van der Waals surface area contributed by atoms with E-state index in [1.807, 2.05) is 0 Å². The van der Waals surface area contributed by atoms with Crippen LogP contribution in [0.15, 0.2) is 18.2 Å². The predicted octanol–water partition coefficient (Wildman–Crippen LogP) is 3.35. The van der Waals surface area contributed by atoms with E-state index in [1.54, 1.807) is 4.90 Å². The molecule has 24 heavy (non-hydrogen) atoms. The Balaban J connectivity index is 1.70. The second kappa shape index (κ2) is 6.87. The van der Waals surface area contributed by atoms with Gasteiger partial charge in [0.25, 0.3) is 0 Å². The van der Waals surface area contributed by atoms with Crippen LogP contribution in [-0.4, -0.2) is 27.9 Å². The van der Waals surface area contributed by atoms with Crippen molar-refractivity contribution in [2.45, 2.75) is 51.1 Å². The van der Waals surface area contributed by atoms with Crippen LogP contribution in [0.2, 0.25) is 0 Å². The van der Waals surface area contributed by atoms with Crippen LogP contribution in [0.25, 0.3) is 0 Å². The molecule has 0 aromatic heterocycles. The zero-order valence-electron chi connectivity index (χ0n) is 13.4. The number of carbonyl (C=O) groups excluding carboxylic acids is 1. The maximum atomic E-state index is 13.9. The number of rotatable bonds is 5. The molecule has 0 radical (unpaired) electrons. The third-order valence-electron chi connectivity index (χ3n) is 5.09. The molecule has 1 N–H and O–H groups in total. The minimum atomic E-state index is -0.812. The quantitative estimate of drug-likeness (QED) is 0.896. The molecule has 2 aliphatic carbocycles. The number of carbonyl (C=O) groups is 2. The minimum Gasteiger partial charge on any atom is -0.481 e. The highest BCUT2D eigenvalue weighted by atomic mass is 19.1. The Hall–Kier alpha value is -1.98. The van der Waals surface area contributed by atoms with E-state index in [0.717, 1.165) is 12.8 Å². The van der Waals surface area contributed by atoms with Crippen LogP contribution >= 0.6 is 0 Å². The number of aliphatic carboxylic acids is 1. The van der Waals surface area contributed by atoms with Gasteiger partial charge in [0, 0.05) is 17.5 Å². The Labute approximate surface area is 139 Å². The Morgan fingerprint density at radius 3 is 2.04 bits per heavy atom. The van der Waals surface area contributed by atoms with Gasteiger partial charge in [-0.15, -0.1) is 0 Å². The number of nitrogens with zero attached hydrogens (tertiary/aromatic N) is 1. The van der Waals surface area contributed by atoms with Crippen molar-refractivity contribution < 1.29 is 23.5 Å². The lowest BCUT2D eigenvalue weighted by atomic mass is 9.81. The van der Waals surface area contributed by atoms with Gasteiger partial charge >= 0.3 is 5.97 Å². The fourth-order valence-electron chi connectivity index (χ4n) is 3.45. The monoisotopic (exact) mass is 337 g/mol. The van der Waals surface area contributed by atoms with Gasteiger partial charge in [-0.1, -0.05) is 6.07 Å². The number of amides is 1. The molecule has 130 valence electrons. The number of halogens is 2. The van der Waals surface area contributed by atoms with E-state index in [-0.39, 0.29) is 35.9 Å². The van der Waals surface area contributed by atoms with Gasteiger partial charge in [0.15, 0.2) is 0 Å². The lowest BCUT2D eigenvalue weighted by Crippen LogP contribution is -2.39. The molecule has 0 atom stereocenters. The van der Waals surface area contributed by atoms with Crippen LogP contribution in [0.5, 0.6) is 0 Å². The van der Waals surface area contributed by atoms with Crippen LogP contribution in [0.1, 0.15) is 44.1 Å². The Morgan fingerprint density at radius 2 is 1.54 bits per heavy atom. The van der Waals surface area contributed by atoms with Crippen molar-refractivity contribution in [2.24, 2.45) is 11.8 Å². The van der Waals surface area contributed by atoms with Gasteiger partial charge in [-0.25, -0.2) is 8.78 Å². The first-order valence-corrected chi connectivity index (χ1v) is 8.43. The first-order valence-electron chi connectivity index (χ1n) is 8.43. The average Bonchev–Trinajstić information content (AvgIpc) is 3.39.